The molecule has 1 aliphatic rings. The van der Waals surface area contributed by atoms with Gasteiger partial charge in [-0.05, 0) is 52.9 Å². The maximum absolute atomic E-state index is 5.38. The van der Waals surface area contributed by atoms with Crippen molar-refractivity contribution in [1.29, 1.82) is 0 Å². The molecule has 3 heterocycles. The van der Waals surface area contributed by atoms with Gasteiger partial charge in [-0.2, -0.15) is 9.97 Å². The standard InChI is InChI=1S/C52H35N5/c1-4-15-35(16-5-1)37-19-14-20-39(30-27-37)50-53-51(40-31-28-38(29-32-40)36-17-6-2-7-18-36)55-52(54-50)57-47-26-13-11-24-43(47)45-34-33-44-42-23-10-12-25-46(42)56(48(44)49(45)57)41-21-8-3-9-22-41/h1-13,15-34H,14H2. The van der Waals surface area contributed by atoms with Gasteiger partial charge in [0, 0.05) is 38.4 Å². The van der Waals surface area contributed by atoms with Gasteiger partial charge < -0.3 is 4.57 Å². The molecule has 1 aliphatic carbocycles. The van der Waals surface area contributed by atoms with E-state index in [-0.39, 0.29) is 0 Å². The number of rotatable bonds is 6. The summed E-state index contributed by atoms with van der Waals surface area (Å²) in [7, 11) is 0. The van der Waals surface area contributed by atoms with Gasteiger partial charge in [0.1, 0.15) is 0 Å². The number of hydrogen-bond acceptors (Lipinski definition) is 3. The zero-order valence-corrected chi connectivity index (χ0v) is 31.0. The molecular formula is C52H35N5. The molecule has 0 amide bonds. The summed E-state index contributed by atoms with van der Waals surface area (Å²) in [5, 5.41) is 4.64. The van der Waals surface area contributed by atoms with Crippen LogP contribution in [0.1, 0.15) is 17.8 Å². The number of aromatic nitrogens is 5. The number of fused-ring (bicyclic) bond motifs is 7. The first-order chi connectivity index (χ1) is 28.3. The molecule has 10 aromatic rings. The Morgan fingerprint density at radius 1 is 0.351 bits per heavy atom. The Morgan fingerprint density at radius 3 is 1.53 bits per heavy atom. The van der Waals surface area contributed by atoms with Gasteiger partial charge in [-0.3, -0.25) is 4.57 Å². The molecule has 5 nitrogen and oxygen atoms in total. The molecule has 11 rings (SSSR count). The molecule has 0 aliphatic heterocycles. The summed E-state index contributed by atoms with van der Waals surface area (Å²) < 4.78 is 4.65. The Morgan fingerprint density at radius 2 is 0.842 bits per heavy atom. The maximum atomic E-state index is 5.38. The van der Waals surface area contributed by atoms with E-state index in [4.69, 9.17) is 15.0 Å². The summed E-state index contributed by atoms with van der Waals surface area (Å²) in [6.45, 7) is 0. The van der Waals surface area contributed by atoms with E-state index < -0.39 is 0 Å². The van der Waals surface area contributed by atoms with Gasteiger partial charge in [0.2, 0.25) is 5.95 Å². The lowest BCUT2D eigenvalue weighted by Gasteiger charge is -2.13. The highest BCUT2D eigenvalue weighted by molar-refractivity contribution is 6.23. The van der Waals surface area contributed by atoms with Crippen molar-refractivity contribution in [3.63, 3.8) is 0 Å². The zero-order valence-electron chi connectivity index (χ0n) is 31.0. The van der Waals surface area contributed by atoms with Crippen molar-refractivity contribution in [2.24, 2.45) is 0 Å². The van der Waals surface area contributed by atoms with Gasteiger partial charge in [0.25, 0.3) is 0 Å². The molecule has 7 aromatic carbocycles. The van der Waals surface area contributed by atoms with Gasteiger partial charge in [-0.15, -0.1) is 0 Å². The topological polar surface area (TPSA) is 48.5 Å². The van der Waals surface area contributed by atoms with E-state index in [9.17, 15) is 0 Å². The van der Waals surface area contributed by atoms with Gasteiger partial charge in [0.15, 0.2) is 11.6 Å². The summed E-state index contributed by atoms with van der Waals surface area (Å²) >= 11 is 0. The van der Waals surface area contributed by atoms with Crippen molar-refractivity contribution >= 4 is 54.8 Å². The quantitative estimate of drug-likeness (QED) is 0.171. The van der Waals surface area contributed by atoms with Crippen LogP contribution >= 0.6 is 0 Å². The van der Waals surface area contributed by atoms with Crippen LogP contribution in [0.5, 0.6) is 0 Å². The lowest BCUT2D eigenvalue weighted by molar-refractivity contribution is 0.932. The summed E-state index contributed by atoms with van der Waals surface area (Å²) in [5.41, 5.74) is 12.0. The second-order valence-electron chi connectivity index (χ2n) is 14.4. The van der Waals surface area contributed by atoms with Gasteiger partial charge in [-0.25, -0.2) is 4.98 Å². The van der Waals surface area contributed by atoms with Gasteiger partial charge in [0.05, 0.1) is 22.1 Å². The fourth-order valence-electron chi connectivity index (χ4n) is 8.36. The molecule has 57 heavy (non-hydrogen) atoms. The van der Waals surface area contributed by atoms with E-state index >= 15 is 0 Å². The predicted octanol–water partition coefficient (Wildman–Crippen LogP) is 12.8. The maximum Gasteiger partial charge on any atom is 0.238 e. The lowest BCUT2D eigenvalue weighted by atomic mass is 10.0. The first-order valence-electron chi connectivity index (χ1n) is 19.4. The summed E-state index contributed by atoms with van der Waals surface area (Å²) in [5.74, 6) is 1.81. The molecule has 0 spiro atoms. The summed E-state index contributed by atoms with van der Waals surface area (Å²) in [6, 6.07) is 61.9. The monoisotopic (exact) mass is 729 g/mol. The van der Waals surface area contributed by atoms with Crippen LogP contribution < -0.4 is 0 Å². The smallest absolute Gasteiger partial charge is 0.238 e. The molecule has 0 atom stereocenters. The third kappa shape index (κ3) is 5.59. The first-order valence-corrected chi connectivity index (χ1v) is 19.4. The van der Waals surface area contributed by atoms with Crippen molar-refractivity contribution < 1.29 is 0 Å². The van der Waals surface area contributed by atoms with Crippen LogP contribution in [0.4, 0.5) is 0 Å². The van der Waals surface area contributed by atoms with Crippen LogP contribution in [0.3, 0.4) is 0 Å². The minimum absolute atomic E-state index is 0.570. The van der Waals surface area contributed by atoms with Crippen LogP contribution in [0.25, 0.3) is 88.9 Å². The molecule has 5 heteroatoms. The minimum Gasteiger partial charge on any atom is -0.307 e. The van der Waals surface area contributed by atoms with E-state index in [0.717, 1.165) is 61.6 Å². The molecule has 3 aromatic heterocycles. The fourth-order valence-corrected chi connectivity index (χ4v) is 8.36. The lowest BCUT2D eigenvalue weighted by Crippen LogP contribution is -2.08. The number of para-hydroxylation sites is 3. The SMILES string of the molecule is C1=CC(c2nc(-c3ccc(-c4ccccc4)cc3)nc(-n3c4ccccc4c4ccc5c6ccccc6n(-c6ccccc6)c5c43)n2)=CCC=C1c1ccccc1. The van der Waals surface area contributed by atoms with Crippen molar-refractivity contribution in [3.05, 3.63) is 212 Å². The van der Waals surface area contributed by atoms with Crippen LogP contribution in [-0.2, 0) is 0 Å². The van der Waals surface area contributed by atoms with E-state index in [1.54, 1.807) is 0 Å². The Bertz CT molecular complexity index is 3220. The average Bonchev–Trinajstić information content (AvgIpc) is 3.68. The zero-order chi connectivity index (χ0) is 37.7. The third-order valence-electron chi connectivity index (χ3n) is 11.0. The highest BCUT2D eigenvalue weighted by Crippen LogP contribution is 2.41. The molecule has 268 valence electrons. The van der Waals surface area contributed by atoms with E-state index in [1.807, 2.05) is 6.07 Å². The molecule has 0 fully saturated rings. The van der Waals surface area contributed by atoms with Crippen molar-refractivity contribution in [3.8, 4) is 34.2 Å². The van der Waals surface area contributed by atoms with Crippen LogP contribution in [0.2, 0.25) is 0 Å². The highest BCUT2D eigenvalue weighted by atomic mass is 15.2. The van der Waals surface area contributed by atoms with Crippen molar-refractivity contribution in [2.45, 2.75) is 6.42 Å². The first kappa shape index (κ1) is 32.8. The molecule has 0 bridgehead atoms. The fraction of sp³-hybridized carbons (Fsp3) is 0.0192. The Labute approximate surface area is 329 Å². The Balaban J connectivity index is 1.18. The van der Waals surface area contributed by atoms with Crippen LogP contribution in [0.15, 0.2) is 200 Å². The summed E-state index contributed by atoms with van der Waals surface area (Å²) in [6.07, 6.45) is 9.54. The minimum atomic E-state index is 0.570. The molecule has 0 saturated heterocycles. The van der Waals surface area contributed by atoms with Crippen molar-refractivity contribution in [1.82, 2.24) is 24.1 Å². The highest BCUT2D eigenvalue weighted by Gasteiger charge is 2.23. The number of hydrogen-bond donors (Lipinski definition) is 0. The number of allylic oxidation sites excluding steroid dienone is 6. The number of benzene rings is 7. The predicted molar refractivity (Wildman–Crippen MR) is 236 cm³/mol. The third-order valence-corrected chi connectivity index (χ3v) is 11.0. The summed E-state index contributed by atoms with van der Waals surface area (Å²) in [4.78, 5) is 16.0. The second-order valence-corrected chi connectivity index (χ2v) is 14.4. The Kier molecular flexibility index (Phi) is 7.81. The van der Waals surface area contributed by atoms with Gasteiger partial charge >= 0.3 is 0 Å². The molecule has 0 unspecified atom stereocenters. The van der Waals surface area contributed by atoms with E-state index in [2.05, 4.69) is 203 Å². The molecular weight excluding hydrogens is 695 g/mol. The van der Waals surface area contributed by atoms with E-state index in [1.165, 1.54) is 27.5 Å². The van der Waals surface area contributed by atoms with E-state index in [0.29, 0.717) is 17.6 Å². The normalized spacial score (nSPS) is 13.0. The molecule has 0 radical (unpaired) electrons. The van der Waals surface area contributed by atoms with Crippen LogP contribution in [-0.4, -0.2) is 24.1 Å². The second kappa shape index (κ2) is 13.6. The Hall–Kier alpha value is -7.63. The number of nitrogens with zero attached hydrogens (tertiary/aromatic N) is 5. The largest absolute Gasteiger partial charge is 0.307 e. The van der Waals surface area contributed by atoms with Crippen LogP contribution in [0, 0.1) is 0 Å². The average molecular weight is 730 g/mol. The van der Waals surface area contributed by atoms with Crippen molar-refractivity contribution in [2.75, 3.05) is 0 Å². The van der Waals surface area contributed by atoms with Gasteiger partial charge in [-0.1, -0.05) is 176 Å². The molecule has 0 saturated carbocycles. The molecule has 0 N–H and O–H groups in total.